The van der Waals surface area contributed by atoms with Crippen molar-refractivity contribution in [1.82, 2.24) is 0 Å². The Balaban J connectivity index is 1.38. The summed E-state index contributed by atoms with van der Waals surface area (Å²) in [5.74, 6) is 1.56. The van der Waals surface area contributed by atoms with Crippen molar-refractivity contribution in [2.45, 2.75) is 82.0 Å². The highest BCUT2D eigenvalue weighted by molar-refractivity contribution is 5.10. The summed E-state index contributed by atoms with van der Waals surface area (Å²) in [4.78, 5) is 0. The molecule has 3 atom stereocenters. The smallest absolute Gasteiger partial charge is 0.121 e. The second kappa shape index (κ2) is 6.17. The van der Waals surface area contributed by atoms with Crippen molar-refractivity contribution < 1.29 is 14.2 Å². The molecule has 0 N–H and O–H groups in total. The van der Waals surface area contributed by atoms with E-state index in [1.807, 2.05) is 0 Å². The van der Waals surface area contributed by atoms with Crippen LogP contribution in [0.5, 0.6) is 0 Å². The molecule has 2 heterocycles. The van der Waals surface area contributed by atoms with Gasteiger partial charge in [-0.3, -0.25) is 0 Å². The molecule has 2 saturated heterocycles. The van der Waals surface area contributed by atoms with Crippen molar-refractivity contribution >= 4 is 0 Å². The van der Waals surface area contributed by atoms with Crippen molar-refractivity contribution in [3.63, 3.8) is 0 Å². The molecule has 0 amide bonds. The van der Waals surface area contributed by atoms with Crippen molar-refractivity contribution in [2.75, 3.05) is 19.8 Å². The molecular formula is C18H30O3. The van der Waals surface area contributed by atoms with E-state index < -0.39 is 0 Å². The van der Waals surface area contributed by atoms with Gasteiger partial charge in [-0.1, -0.05) is 38.5 Å². The highest BCUT2D eigenvalue weighted by Gasteiger charge is 2.63. The summed E-state index contributed by atoms with van der Waals surface area (Å²) < 4.78 is 17.7. The molecule has 0 spiro atoms. The highest BCUT2D eigenvalue weighted by Crippen LogP contribution is 2.54. The van der Waals surface area contributed by atoms with Gasteiger partial charge in [-0.25, -0.2) is 0 Å². The van der Waals surface area contributed by atoms with E-state index >= 15 is 0 Å². The Labute approximate surface area is 128 Å². The topological polar surface area (TPSA) is 34.3 Å². The summed E-state index contributed by atoms with van der Waals surface area (Å²) in [7, 11) is 0. The maximum Gasteiger partial charge on any atom is 0.121 e. The van der Waals surface area contributed by atoms with E-state index in [1.54, 1.807) is 0 Å². The predicted molar refractivity (Wildman–Crippen MR) is 81.3 cm³/mol. The van der Waals surface area contributed by atoms with Gasteiger partial charge in [-0.2, -0.15) is 0 Å². The molecule has 3 heteroatoms. The van der Waals surface area contributed by atoms with E-state index in [9.17, 15) is 0 Å². The third-order valence-corrected chi connectivity index (χ3v) is 6.18. The molecule has 0 aromatic carbocycles. The Morgan fingerprint density at radius 2 is 1.57 bits per heavy atom. The lowest BCUT2D eigenvalue weighted by molar-refractivity contribution is 0.0347. The molecule has 3 nitrogen and oxygen atoms in total. The fourth-order valence-electron chi connectivity index (χ4n) is 4.80. The fraction of sp³-hybridized carbons (Fsp3) is 1.00. The molecule has 0 bridgehead atoms. The van der Waals surface area contributed by atoms with Crippen LogP contribution in [0.15, 0.2) is 0 Å². The first-order valence-electron chi connectivity index (χ1n) is 9.26. The lowest BCUT2D eigenvalue weighted by Gasteiger charge is -2.30. The normalized spacial score (nSPS) is 41.1. The van der Waals surface area contributed by atoms with Gasteiger partial charge in [-0.15, -0.1) is 0 Å². The van der Waals surface area contributed by atoms with Gasteiger partial charge in [0.2, 0.25) is 0 Å². The number of hydrogen-bond acceptors (Lipinski definition) is 3. The Morgan fingerprint density at radius 1 is 0.905 bits per heavy atom. The zero-order valence-corrected chi connectivity index (χ0v) is 13.2. The molecule has 2 aliphatic heterocycles. The fourth-order valence-corrected chi connectivity index (χ4v) is 4.80. The van der Waals surface area contributed by atoms with Gasteiger partial charge in [0.05, 0.1) is 25.9 Å². The van der Waals surface area contributed by atoms with Crippen molar-refractivity contribution in [3.05, 3.63) is 0 Å². The number of rotatable bonds is 6. The number of ether oxygens (including phenoxy) is 3. The van der Waals surface area contributed by atoms with Crippen molar-refractivity contribution in [2.24, 2.45) is 11.8 Å². The van der Waals surface area contributed by atoms with Crippen molar-refractivity contribution in [3.8, 4) is 0 Å². The second-order valence-corrected chi connectivity index (χ2v) is 7.70. The van der Waals surface area contributed by atoms with E-state index in [0.29, 0.717) is 12.2 Å². The molecule has 4 fully saturated rings. The third kappa shape index (κ3) is 3.16. The van der Waals surface area contributed by atoms with Crippen LogP contribution in [0.25, 0.3) is 0 Å². The molecular weight excluding hydrogens is 264 g/mol. The first-order valence-corrected chi connectivity index (χ1v) is 9.26. The van der Waals surface area contributed by atoms with Gasteiger partial charge in [0.15, 0.2) is 0 Å². The van der Waals surface area contributed by atoms with Gasteiger partial charge >= 0.3 is 0 Å². The van der Waals surface area contributed by atoms with Crippen molar-refractivity contribution in [1.29, 1.82) is 0 Å². The average Bonchev–Trinajstić information content (AvgIpc) is 3.45. The Morgan fingerprint density at radius 3 is 2.24 bits per heavy atom. The van der Waals surface area contributed by atoms with Crippen LogP contribution in [-0.2, 0) is 14.2 Å². The molecule has 4 aliphatic rings. The van der Waals surface area contributed by atoms with E-state index in [1.165, 1.54) is 64.2 Å². The molecule has 2 aliphatic carbocycles. The summed E-state index contributed by atoms with van der Waals surface area (Å²) in [6.45, 7) is 2.48. The molecule has 4 rings (SSSR count). The van der Waals surface area contributed by atoms with Crippen LogP contribution < -0.4 is 0 Å². The molecule has 0 aromatic heterocycles. The number of hydrogen-bond donors (Lipinski definition) is 0. The number of epoxide rings is 2. The summed E-state index contributed by atoms with van der Waals surface area (Å²) >= 11 is 0. The van der Waals surface area contributed by atoms with E-state index in [0.717, 1.165) is 31.7 Å². The molecule has 120 valence electrons. The van der Waals surface area contributed by atoms with Crippen LogP contribution in [0.1, 0.15) is 64.2 Å². The van der Waals surface area contributed by atoms with Crippen LogP contribution in [0.4, 0.5) is 0 Å². The van der Waals surface area contributed by atoms with E-state index in [-0.39, 0.29) is 5.60 Å². The maximum absolute atomic E-state index is 6.42. The predicted octanol–water partition coefficient (Wildman–Crippen LogP) is 3.70. The molecule has 0 aromatic rings. The van der Waals surface area contributed by atoms with Gasteiger partial charge in [0.1, 0.15) is 11.7 Å². The van der Waals surface area contributed by atoms with Crippen LogP contribution >= 0.6 is 0 Å². The van der Waals surface area contributed by atoms with Crippen LogP contribution in [0.2, 0.25) is 0 Å². The quantitative estimate of drug-likeness (QED) is 0.701. The zero-order chi connectivity index (χ0) is 14.1. The first kappa shape index (κ1) is 14.5. The summed E-state index contributed by atoms with van der Waals surface area (Å²) in [5, 5.41) is 0. The minimum Gasteiger partial charge on any atom is -0.376 e. The first-order chi connectivity index (χ1) is 10.4. The largest absolute Gasteiger partial charge is 0.376 e. The van der Waals surface area contributed by atoms with Gasteiger partial charge in [0, 0.05) is 0 Å². The zero-order valence-electron chi connectivity index (χ0n) is 13.2. The average molecular weight is 294 g/mol. The third-order valence-electron chi connectivity index (χ3n) is 6.18. The van der Waals surface area contributed by atoms with Gasteiger partial charge < -0.3 is 14.2 Å². The standard InChI is InChI=1S/C18H30O3/c1-3-7-14(8-4-1)17-18(21-17,13-19-11-16-12-20-16)15-9-5-2-6-10-15/h14-17H,1-13H2. The van der Waals surface area contributed by atoms with Gasteiger partial charge in [0.25, 0.3) is 0 Å². The Kier molecular flexibility index (Phi) is 4.25. The summed E-state index contributed by atoms with van der Waals surface area (Å²) in [6.07, 6.45) is 14.8. The highest BCUT2D eigenvalue weighted by atomic mass is 16.6. The maximum atomic E-state index is 6.42. The minimum absolute atomic E-state index is 0.0807. The second-order valence-electron chi connectivity index (χ2n) is 7.70. The lowest BCUT2D eigenvalue weighted by Crippen LogP contribution is -2.36. The van der Waals surface area contributed by atoms with Gasteiger partial charge in [-0.05, 0) is 37.5 Å². The van der Waals surface area contributed by atoms with Crippen LogP contribution in [0.3, 0.4) is 0 Å². The SMILES string of the molecule is C1CCC(C2OC2(COCC2CO2)C2CCCCC2)CC1. The molecule has 2 saturated carbocycles. The Bertz CT molecular complexity index is 342. The minimum atomic E-state index is 0.0807. The van der Waals surface area contributed by atoms with E-state index in [4.69, 9.17) is 14.2 Å². The lowest BCUT2D eigenvalue weighted by atomic mass is 9.74. The molecule has 21 heavy (non-hydrogen) atoms. The molecule has 3 unspecified atom stereocenters. The summed E-state index contributed by atoms with van der Waals surface area (Å²) in [6, 6.07) is 0. The van der Waals surface area contributed by atoms with Crippen LogP contribution in [0, 0.1) is 11.8 Å². The monoisotopic (exact) mass is 294 g/mol. The Hall–Kier alpha value is -0.120. The van der Waals surface area contributed by atoms with E-state index in [2.05, 4.69) is 0 Å². The van der Waals surface area contributed by atoms with Crippen LogP contribution in [-0.4, -0.2) is 37.6 Å². The molecule has 0 radical (unpaired) electrons. The summed E-state index contributed by atoms with van der Waals surface area (Å²) in [5.41, 5.74) is 0.0807.